The fourth-order valence-electron chi connectivity index (χ4n) is 3.59. The molecule has 0 saturated heterocycles. The van der Waals surface area contributed by atoms with Gasteiger partial charge in [0.15, 0.2) is 0 Å². The van der Waals surface area contributed by atoms with Crippen molar-refractivity contribution in [3.8, 4) is 0 Å². The average Bonchev–Trinajstić information content (AvgIpc) is 3.12. The molecule has 2 unspecified atom stereocenters. The smallest absolute Gasteiger partial charge is 0.113 e. The predicted molar refractivity (Wildman–Crippen MR) is 98.3 cm³/mol. The zero-order chi connectivity index (χ0) is 16.8. The zero-order valence-electron chi connectivity index (χ0n) is 14.6. The molecule has 2 aromatic heterocycles. The standard InChI is InChI=1S/C20H22N4/c1-13(19-21-15-9-5-7-11-17(15)23(19)3)14(2)20-22-16-10-6-8-12-18(16)24(20)4/h5-14H,1-4H3. The van der Waals surface area contributed by atoms with Gasteiger partial charge in [0.2, 0.25) is 0 Å². The van der Waals surface area contributed by atoms with E-state index in [4.69, 9.17) is 9.97 Å². The number of fused-ring (bicyclic) bond motifs is 2. The largest absolute Gasteiger partial charge is 0.331 e. The summed E-state index contributed by atoms with van der Waals surface area (Å²) in [6.45, 7) is 4.48. The molecule has 0 N–H and O–H groups in total. The summed E-state index contributed by atoms with van der Waals surface area (Å²) in [4.78, 5) is 9.74. The van der Waals surface area contributed by atoms with E-state index in [1.807, 2.05) is 12.1 Å². The molecule has 0 bridgehead atoms. The lowest BCUT2D eigenvalue weighted by Crippen LogP contribution is -2.13. The minimum absolute atomic E-state index is 0.276. The highest BCUT2D eigenvalue weighted by Crippen LogP contribution is 2.33. The first-order valence-corrected chi connectivity index (χ1v) is 8.40. The van der Waals surface area contributed by atoms with E-state index in [1.54, 1.807) is 0 Å². The van der Waals surface area contributed by atoms with Gasteiger partial charge in [0.25, 0.3) is 0 Å². The Balaban J connectivity index is 1.78. The van der Waals surface area contributed by atoms with Crippen molar-refractivity contribution in [3.63, 3.8) is 0 Å². The highest BCUT2D eigenvalue weighted by molar-refractivity contribution is 5.77. The number of nitrogens with zero attached hydrogens (tertiary/aromatic N) is 4. The molecule has 2 atom stereocenters. The van der Waals surface area contributed by atoms with Crippen LogP contribution in [0.5, 0.6) is 0 Å². The molecule has 2 aromatic carbocycles. The molecule has 4 nitrogen and oxygen atoms in total. The first kappa shape index (κ1) is 14.9. The number of hydrogen-bond acceptors (Lipinski definition) is 2. The van der Waals surface area contributed by atoms with E-state index in [0.29, 0.717) is 0 Å². The van der Waals surface area contributed by atoms with Gasteiger partial charge in [-0.15, -0.1) is 0 Å². The minimum atomic E-state index is 0.276. The van der Waals surface area contributed by atoms with Crippen molar-refractivity contribution in [1.29, 1.82) is 0 Å². The second-order valence-electron chi connectivity index (χ2n) is 6.61. The molecule has 4 heteroatoms. The maximum atomic E-state index is 4.87. The fourth-order valence-corrected chi connectivity index (χ4v) is 3.59. The maximum absolute atomic E-state index is 4.87. The van der Waals surface area contributed by atoms with Crippen LogP contribution in [0.1, 0.15) is 37.3 Å². The molecule has 0 radical (unpaired) electrons. The van der Waals surface area contributed by atoms with Crippen LogP contribution in [0.3, 0.4) is 0 Å². The molecule has 0 spiro atoms. The summed E-state index contributed by atoms with van der Waals surface area (Å²) in [5, 5.41) is 0. The van der Waals surface area contributed by atoms with Crippen molar-refractivity contribution in [3.05, 3.63) is 60.2 Å². The summed E-state index contributed by atoms with van der Waals surface area (Å²) in [7, 11) is 4.20. The molecule has 0 saturated carbocycles. The number of aromatic nitrogens is 4. The monoisotopic (exact) mass is 318 g/mol. The summed E-state index contributed by atoms with van der Waals surface area (Å²) in [5.74, 6) is 2.77. The van der Waals surface area contributed by atoms with E-state index in [0.717, 1.165) is 22.7 Å². The number of imidazole rings is 2. The van der Waals surface area contributed by atoms with Crippen molar-refractivity contribution >= 4 is 22.1 Å². The Morgan fingerprint density at radius 2 is 1.04 bits per heavy atom. The summed E-state index contributed by atoms with van der Waals surface area (Å²) < 4.78 is 4.41. The lowest BCUT2D eigenvalue weighted by atomic mass is 9.94. The second kappa shape index (κ2) is 5.48. The number of para-hydroxylation sites is 4. The number of rotatable bonds is 3. The minimum Gasteiger partial charge on any atom is -0.331 e. The Kier molecular flexibility index (Phi) is 3.41. The first-order valence-electron chi connectivity index (χ1n) is 8.40. The van der Waals surface area contributed by atoms with Crippen LogP contribution in [0.4, 0.5) is 0 Å². The van der Waals surface area contributed by atoms with Gasteiger partial charge in [-0.3, -0.25) is 0 Å². The molecule has 0 aliphatic carbocycles. The van der Waals surface area contributed by atoms with E-state index in [1.165, 1.54) is 11.0 Å². The number of hydrogen-bond donors (Lipinski definition) is 0. The van der Waals surface area contributed by atoms with Gasteiger partial charge in [-0.05, 0) is 24.3 Å². The second-order valence-corrected chi connectivity index (χ2v) is 6.61. The van der Waals surface area contributed by atoms with Crippen LogP contribution in [-0.2, 0) is 14.1 Å². The van der Waals surface area contributed by atoms with Gasteiger partial charge in [-0.25, -0.2) is 9.97 Å². The molecule has 0 fully saturated rings. The van der Waals surface area contributed by atoms with Crippen LogP contribution >= 0.6 is 0 Å². The van der Waals surface area contributed by atoms with E-state index >= 15 is 0 Å². The molecule has 4 rings (SSSR count). The van der Waals surface area contributed by atoms with Crippen LogP contribution in [0.2, 0.25) is 0 Å². The fraction of sp³-hybridized carbons (Fsp3) is 0.300. The quantitative estimate of drug-likeness (QED) is 0.562. The summed E-state index contributed by atoms with van der Waals surface area (Å²) >= 11 is 0. The van der Waals surface area contributed by atoms with Gasteiger partial charge >= 0.3 is 0 Å². The molecular formula is C20H22N4. The lowest BCUT2D eigenvalue weighted by molar-refractivity contribution is 0.535. The SMILES string of the molecule is CC(c1nc2ccccc2n1C)C(C)c1nc2ccccc2n1C. The molecule has 0 aliphatic rings. The molecule has 2 heterocycles. The molecule has 0 amide bonds. The van der Waals surface area contributed by atoms with Crippen LogP contribution in [-0.4, -0.2) is 19.1 Å². The lowest BCUT2D eigenvalue weighted by Gasteiger charge is -2.19. The van der Waals surface area contributed by atoms with E-state index in [9.17, 15) is 0 Å². The summed E-state index contributed by atoms with van der Waals surface area (Å²) in [6, 6.07) is 16.6. The molecule has 4 aromatic rings. The summed E-state index contributed by atoms with van der Waals surface area (Å²) in [6.07, 6.45) is 0. The van der Waals surface area contributed by atoms with Gasteiger partial charge < -0.3 is 9.13 Å². The maximum Gasteiger partial charge on any atom is 0.113 e. The highest BCUT2D eigenvalue weighted by atomic mass is 15.1. The third-order valence-corrected chi connectivity index (χ3v) is 5.21. The predicted octanol–water partition coefficient (Wildman–Crippen LogP) is 4.37. The van der Waals surface area contributed by atoms with E-state index < -0.39 is 0 Å². The van der Waals surface area contributed by atoms with Crippen molar-refractivity contribution in [2.45, 2.75) is 25.7 Å². The van der Waals surface area contributed by atoms with Gasteiger partial charge in [-0.2, -0.15) is 0 Å². The van der Waals surface area contributed by atoms with Crippen molar-refractivity contribution in [2.24, 2.45) is 14.1 Å². The third kappa shape index (κ3) is 2.13. The van der Waals surface area contributed by atoms with Gasteiger partial charge in [0, 0.05) is 25.9 Å². The van der Waals surface area contributed by atoms with Crippen molar-refractivity contribution in [2.75, 3.05) is 0 Å². The number of aryl methyl sites for hydroxylation is 2. The van der Waals surface area contributed by atoms with Gasteiger partial charge in [0.05, 0.1) is 22.1 Å². The average molecular weight is 318 g/mol. The summed E-state index contributed by atoms with van der Waals surface area (Å²) in [5.41, 5.74) is 4.46. The Hall–Kier alpha value is -2.62. The van der Waals surface area contributed by atoms with Gasteiger partial charge in [0.1, 0.15) is 11.6 Å². The van der Waals surface area contributed by atoms with E-state index in [-0.39, 0.29) is 11.8 Å². The Bertz CT molecular complexity index is 941. The van der Waals surface area contributed by atoms with Crippen molar-refractivity contribution in [1.82, 2.24) is 19.1 Å². The topological polar surface area (TPSA) is 35.6 Å². The Morgan fingerprint density at radius 1 is 0.667 bits per heavy atom. The molecular weight excluding hydrogens is 296 g/mol. The number of benzene rings is 2. The van der Waals surface area contributed by atoms with Crippen molar-refractivity contribution < 1.29 is 0 Å². The zero-order valence-corrected chi connectivity index (χ0v) is 14.6. The third-order valence-electron chi connectivity index (χ3n) is 5.21. The van der Waals surface area contributed by atoms with Gasteiger partial charge in [-0.1, -0.05) is 38.1 Å². The molecule has 0 aliphatic heterocycles. The van der Waals surface area contributed by atoms with Crippen LogP contribution in [0, 0.1) is 0 Å². The molecule has 24 heavy (non-hydrogen) atoms. The van der Waals surface area contributed by atoms with Crippen LogP contribution in [0.25, 0.3) is 22.1 Å². The van der Waals surface area contributed by atoms with Crippen LogP contribution in [0.15, 0.2) is 48.5 Å². The molecule has 122 valence electrons. The first-order chi connectivity index (χ1) is 11.6. The normalized spacial score (nSPS) is 14.3. The van der Waals surface area contributed by atoms with Crippen LogP contribution < -0.4 is 0 Å². The van der Waals surface area contributed by atoms with E-state index in [2.05, 4.69) is 73.5 Å². The Morgan fingerprint density at radius 3 is 1.42 bits per heavy atom. The Labute approximate surface area is 141 Å². The highest BCUT2D eigenvalue weighted by Gasteiger charge is 2.25.